The number of pyridine rings is 1. The molecule has 0 fully saturated rings. The van der Waals surface area contributed by atoms with Crippen LogP contribution in [-0.4, -0.2) is 18.6 Å². The summed E-state index contributed by atoms with van der Waals surface area (Å²) < 4.78 is 13.9. The standard InChI is InChI=1S/C16H20FN3/c1-4-19-13-9-14(11-18-10-13)20(3)12(2)15-7-5-6-8-16(15)17/h5-12,19H,4H2,1-3H3. The average Bonchev–Trinajstić information content (AvgIpc) is 2.47. The van der Waals surface area contributed by atoms with Crippen LogP contribution in [0.2, 0.25) is 0 Å². The van der Waals surface area contributed by atoms with Crippen LogP contribution in [0.4, 0.5) is 15.8 Å². The second kappa shape index (κ2) is 6.37. The molecule has 0 amide bonds. The number of hydrogen-bond donors (Lipinski definition) is 1. The molecular weight excluding hydrogens is 253 g/mol. The van der Waals surface area contributed by atoms with Crippen LogP contribution in [0.3, 0.4) is 0 Å². The molecule has 1 heterocycles. The Kier molecular flexibility index (Phi) is 4.56. The summed E-state index contributed by atoms with van der Waals surface area (Å²) in [6, 6.07) is 8.84. The normalized spacial score (nSPS) is 12.0. The van der Waals surface area contributed by atoms with Gasteiger partial charge in [0.25, 0.3) is 0 Å². The van der Waals surface area contributed by atoms with Crippen molar-refractivity contribution in [3.8, 4) is 0 Å². The molecule has 20 heavy (non-hydrogen) atoms. The van der Waals surface area contributed by atoms with Gasteiger partial charge in [-0.25, -0.2) is 4.39 Å². The second-order valence-electron chi connectivity index (χ2n) is 4.77. The molecule has 2 rings (SSSR count). The molecule has 0 aliphatic carbocycles. The zero-order valence-corrected chi connectivity index (χ0v) is 12.1. The molecule has 0 saturated carbocycles. The number of hydrogen-bond acceptors (Lipinski definition) is 3. The van der Waals surface area contributed by atoms with E-state index in [1.54, 1.807) is 18.5 Å². The highest BCUT2D eigenvalue weighted by atomic mass is 19.1. The van der Waals surface area contributed by atoms with E-state index in [-0.39, 0.29) is 11.9 Å². The van der Waals surface area contributed by atoms with E-state index >= 15 is 0 Å². The number of anilines is 2. The predicted octanol–water partition coefficient (Wildman–Crippen LogP) is 3.85. The van der Waals surface area contributed by atoms with Crippen LogP contribution in [0.25, 0.3) is 0 Å². The molecule has 2 aromatic rings. The van der Waals surface area contributed by atoms with Gasteiger partial charge in [-0.3, -0.25) is 4.98 Å². The molecule has 0 bridgehead atoms. The number of rotatable bonds is 5. The molecule has 106 valence electrons. The van der Waals surface area contributed by atoms with Gasteiger partial charge in [0.2, 0.25) is 0 Å². The van der Waals surface area contributed by atoms with E-state index in [1.165, 1.54) is 6.07 Å². The van der Waals surface area contributed by atoms with Gasteiger partial charge in [0.15, 0.2) is 0 Å². The van der Waals surface area contributed by atoms with Gasteiger partial charge in [0.1, 0.15) is 5.82 Å². The van der Waals surface area contributed by atoms with Gasteiger partial charge in [-0.15, -0.1) is 0 Å². The zero-order chi connectivity index (χ0) is 14.5. The monoisotopic (exact) mass is 273 g/mol. The number of nitrogens with one attached hydrogen (secondary N) is 1. The highest BCUT2D eigenvalue weighted by molar-refractivity contribution is 5.56. The minimum absolute atomic E-state index is 0.0603. The summed E-state index contributed by atoms with van der Waals surface area (Å²) >= 11 is 0. The van der Waals surface area contributed by atoms with Gasteiger partial charge in [-0.1, -0.05) is 18.2 Å². The predicted molar refractivity (Wildman–Crippen MR) is 81.6 cm³/mol. The summed E-state index contributed by atoms with van der Waals surface area (Å²) in [7, 11) is 1.95. The summed E-state index contributed by atoms with van der Waals surface area (Å²) in [6.07, 6.45) is 3.58. The van der Waals surface area contributed by atoms with Crippen molar-refractivity contribution in [1.82, 2.24) is 4.98 Å². The maximum absolute atomic E-state index is 13.9. The Morgan fingerprint density at radius 2 is 2.05 bits per heavy atom. The molecule has 1 aromatic heterocycles. The fourth-order valence-electron chi connectivity index (χ4n) is 2.17. The molecule has 0 spiro atoms. The molecule has 0 radical (unpaired) electrons. The molecular formula is C16H20FN3. The Morgan fingerprint density at radius 1 is 1.30 bits per heavy atom. The van der Waals surface area contributed by atoms with E-state index in [2.05, 4.69) is 10.3 Å². The third-order valence-electron chi connectivity index (χ3n) is 3.45. The van der Waals surface area contributed by atoms with E-state index < -0.39 is 0 Å². The van der Waals surface area contributed by atoms with Crippen molar-refractivity contribution in [2.75, 3.05) is 23.8 Å². The first kappa shape index (κ1) is 14.3. The molecule has 1 N–H and O–H groups in total. The second-order valence-corrected chi connectivity index (χ2v) is 4.77. The molecule has 3 nitrogen and oxygen atoms in total. The smallest absolute Gasteiger partial charge is 0.128 e. The van der Waals surface area contributed by atoms with Gasteiger partial charge >= 0.3 is 0 Å². The third-order valence-corrected chi connectivity index (χ3v) is 3.45. The SMILES string of the molecule is CCNc1cncc(N(C)C(C)c2ccccc2F)c1. The van der Waals surface area contributed by atoms with Crippen LogP contribution in [-0.2, 0) is 0 Å². The average molecular weight is 273 g/mol. The Hall–Kier alpha value is -2.10. The van der Waals surface area contributed by atoms with Crippen molar-refractivity contribution >= 4 is 11.4 Å². The third kappa shape index (κ3) is 3.07. The van der Waals surface area contributed by atoms with E-state index in [4.69, 9.17) is 0 Å². The van der Waals surface area contributed by atoms with Gasteiger partial charge in [-0.05, 0) is 26.0 Å². The number of nitrogens with zero attached hydrogens (tertiary/aromatic N) is 2. The summed E-state index contributed by atoms with van der Waals surface area (Å²) in [5.41, 5.74) is 2.61. The molecule has 1 aromatic carbocycles. The first-order valence-electron chi connectivity index (χ1n) is 6.79. The largest absolute Gasteiger partial charge is 0.384 e. The fourth-order valence-corrected chi connectivity index (χ4v) is 2.17. The van der Waals surface area contributed by atoms with Gasteiger partial charge in [-0.2, -0.15) is 0 Å². The first-order chi connectivity index (χ1) is 9.63. The Morgan fingerprint density at radius 3 is 2.75 bits per heavy atom. The minimum Gasteiger partial charge on any atom is -0.384 e. The van der Waals surface area contributed by atoms with Crippen LogP contribution in [0.15, 0.2) is 42.7 Å². The highest BCUT2D eigenvalue weighted by Gasteiger charge is 2.16. The lowest BCUT2D eigenvalue weighted by atomic mass is 10.1. The molecule has 1 unspecified atom stereocenters. The van der Waals surface area contributed by atoms with E-state index in [0.29, 0.717) is 5.56 Å². The molecule has 0 saturated heterocycles. The molecule has 1 atom stereocenters. The summed E-state index contributed by atoms with van der Waals surface area (Å²) in [5, 5.41) is 3.23. The molecule has 0 aliphatic heterocycles. The van der Waals surface area contributed by atoms with Crippen molar-refractivity contribution in [2.45, 2.75) is 19.9 Å². The quantitative estimate of drug-likeness (QED) is 0.897. The maximum Gasteiger partial charge on any atom is 0.128 e. The number of halogens is 1. The highest BCUT2D eigenvalue weighted by Crippen LogP contribution is 2.27. The van der Waals surface area contributed by atoms with Crippen LogP contribution >= 0.6 is 0 Å². The summed E-state index contributed by atoms with van der Waals surface area (Å²) in [6.45, 7) is 4.87. The van der Waals surface area contributed by atoms with Crippen molar-refractivity contribution < 1.29 is 4.39 Å². The first-order valence-corrected chi connectivity index (χ1v) is 6.79. The van der Waals surface area contributed by atoms with Gasteiger partial charge in [0.05, 0.1) is 29.8 Å². The Balaban J connectivity index is 2.24. The van der Waals surface area contributed by atoms with Crippen molar-refractivity contribution in [3.63, 3.8) is 0 Å². The van der Waals surface area contributed by atoms with Gasteiger partial charge in [0, 0.05) is 19.2 Å². The van der Waals surface area contributed by atoms with Crippen LogP contribution in [0, 0.1) is 5.82 Å². The lowest BCUT2D eigenvalue weighted by molar-refractivity contribution is 0.585. The number of aromatic nitrogens is 1. The number of benzene rings is 1. The zero-order valence-electron chi connectivity index (χ0n) is 12.1. The van der Waals surface area contributed by atoms with E-state index in [1.807, 2.05) is 44.0 Å². The fraction of sp³-hybridized carbons (Fsp3) is 0.312. The van der Waals surface area contributed by atoms with Crippen LogP contribution < -0.4 is 10.2 Å². The molecule has 4 heteroatoms. The van der Waals surface area contributed by atoms with Crippen LogP contribution in [0.1, 0.15) is 25.5 Å². The van der Waals surface area contributed by atoms with Gasteiger partial charge < -0.3 is 10.2 Å². The Bertz CT molecular complexity index is 571. The van der Waals surface area contributed by atoms with Crippen molar-refractivity contribution in [3.05, 3.63) is 54.1 Å². The van der Waals surface area contributed by atoms with E-state index in [0.717, 1.165) is 17.9 Å². The van der Waals surface area contributed by atoms with E-state index in [9.17, 15) is 4.39 Å². The summed E-state index contributed by atoms with van der Waals surface area (Å²) in [5.74, 6) is -0.178. The summed E-state index contributed by atoms with van der Waals surface area (Å²) in [4.78, 5) is 6.24. The van der Waals surface area contributed by atoms with Crippen LogP contribution in [0.5, 0.6) is 0 Å². The van der Waals surface area contributed by atoms with Crippen molar-refractivity contribution in [2.24, 2.45) is 0 Å². The lowest BCUT2D eigenvalue weighted by Gasteiger charge is -2.27. The maximum atomic E-state index is 13.9. The molecule has 0 aliphatic rings. The Labute approximate surface area is 119 Å². The lowest BCUT2D eigenvalue weighted by Crippen LogP contribution is -2.22. The topological polar surface area (TPSA) is 28.2 Å². The van der Waals surface area contributed by atoms with Crippen molar-refractivity contribution in [1.29, 1.82) is 0 Å². The minimum atomic E-state index is -0.178.